The van der Waals surface area contributed by atoms with Crippen molar-refractivity contribution in [2.75, 3.05) is 40.3 Å². The number of carbonyl (C=O) groups excluding carboxylic acids is 1. The van der Waals surface area contributed by atoms with E-state index in [0.717, 1.165) is 38.2 Å². The van der Waals surface area contributed by atoms with Crippen LogP contribution in [0, 0.1) is 11.8 Å². The van der Waals surface area contributed by atoms with Gasteiger partial charge < -0.3 is 14.5 Å². The van der Waals surface area contributed by atoms with Gasteiger partial charge in [-0.25, -0.2) is 0 Å². The van der Waals surface area contributed by atoms with Crippen molar-refractivity contribution in [2.24, 2.45) is 11.8 Å². The number of pyridine rings is 1. The summed E-state index contributed by atoms with van der Waals surface area (Å²) in [6.45, 7) is 3.37. The van der Waals surface area contributed by atoms with Gasteiger partial charge in [0.2, 0.25) is 5.91 Å². The molecular formula is C22H29N3O2. The van der Waals surface area contributed by atoms with Crippen LogP contribution in [0.25, 0.3) is 0 Å². The van der Waals surface area contributed by atoms with Crippen molar-refractivity contribution in [2.45, 2.75) is 12.8 Å². The number of nitrogens with zero attached hydrogens (tertiary/aromatic N) is 3. The molecule has 1 amide bonds. The van der Waals surface area contributed by atoms with E-state index in [1.54, 1.807) is 17.3 Å². The quantitative estimate of drug-likeness (QED) is 0.755. The van der Waals surface area contributed by atoms with Crippen LogP contribution in [-0.4, -0.2) is 61.0 Å². The maximum absolute atomic E-state index is 12.6. The number of ether oxygens (including phenoxy) is 1. The van der Waals surface area contributed by atoms with E-state index in [9.17, 15) is 4.79 Å². The Bertz CT molecular complexity index is 655. The Morgan fingerprint density at radius 1 is 1.19 bits per heavy atom. The maximum Gasteiger partial charge on any atom is 0.226 e. The minimum atomic E-state index is 0.0343. The molecule has 0 saturated carbocycles. The van der Waals surface area contributed by atoms with E-state index < -0.39 is 0 Å². The van der Waals surface area contributed by atoms with Gasteiger partial charge >= 0.3 is 0 Å². The molecule has 1 aromatic heterocycles. The second-order valence-corrected chi connectivity index (χ2v) is 7.53. The van der Waals surface area contributed by atoms with Crippen molar-refractivity contribution in [3.63, 3.8) is 0 Å². The first-order valence-electron chi connectivity index (χ1n) is 9.62. The molecule has 2 aromatic rings. The maximum atomic E-state index is 12.6. The number of likely N-dealkylation sites (tertiary alicyclic amines) is 1. The molecule has 0 bridgehead atoms. The number of amides is 1. The lowest BCUT2D eigenvalue weighted by Crippen LogP contribution is -2.48. The Balaban J connectivity index is 1.60. The smallest absolute Gasteiger partial charge is 0.226 e. The van der Waals surface area contributed by atoms with E-state index in [1.165, 1.54) is 5.56 Å². The fourth-order valence-electron chi connectivity index (χ4n) is 3.73. The summed E-state index contributed by atoms with van der Waals surface area (Å²) in [5, 5.41) is 0. The molecule has 0 N–H and O–H groups in total. The molecule has 2 atom stereocenters. The second kappa shape index (κ2) is 9.51. The average molecular weight is 367 g/mol. The summed E-state index contributed by atoms with van der Waals surface area (Å²) >= 11 is 0. The van der Waals surface area contributed by atoms with Crippen LogP contribution in [-0.2, 0) is 11.2 Å². The van der Waals surface area contributed by atoms with Crippen LogP contribution in [0.1, 0.15) is 12.0 Å². The molecule has 5 nitrogen and oxygen atoms in total. The van der Waals surface area contributed by atoms with Crippen LogP contribution in [0.2, 0.25) is 0 Å². The topological polar surface area (TPSA) is 45.7 Å². The van der Waals surface area contributed by atoms with E-state index in [1.807, 2.05) is 32.3 Å². The van der Waals surface area contributed by atoms with Crippen LogP contribution in [0.5, 0.6) is 5.75 Å². The molecular weight excluding hydrogens is 338 g/mol. The van der Waals surface area contributed by atoms with Gasteiger partial charge in [0.1, 0.15) is 5.75 Å². The molecule has 0 aliphatic carbocycles. The molecule has 27 heavy (non-hydrogen) atoms. The highest BCUT2D eigenvalue weighted by molar-refractivity contribution is 5.78. The van der Waals surface area contributed by atoms with Gasteiger partial charge in [0.15, 0.2) is 0 Å². The zero-order chi connectivity index (χ0) is 19.1. The highest BCUT2D eigenvalue weighted by Crippen LogP contribution is 2.24. The number of hydrogen-bond donors (Lipinski definition) is 0. The Morgan fingerprint density at radius 2 is 2.00 bits per heavy atom. The van der Waals surface area contributed by atoms with Gasteiger partial charge in [0.05, 0.1) is 18.7 Å². The van der Waals surface area contributed by atoms with Crippen LogP contribution in [0.15, 0.2) is 54.9 Å². The molecule has 1 saturated heterocycles. The van der Waals surface area contributed by atoms with E-state index in [4.69, 9.17) is 4.74 Å². The summed E-state index contributed by atoms with van der Waals surface area (Å²) in [7, 11) is 3.68. The first-order valence-corrected chi connectivity index (χ1v) is 9.62. The molecule has 2 heterocycles. The van der Waals surface area contributed by atoms with Gasteiger partial charge in [0.25, 0.3) is 0 Å². The van der Waals surface area contributed by atoms with Crippen molar-refractivity contribution in [1.82, 2.24) is 14.8 Å². The normalized spacial score (nSPS) is 20.2. The molecule has 0 spiro atoms. The lowest BCUT2D eigenvalue weighted by Gasteiger charge is -2.38. The first-order chi connectivity index (χ1) is 13.1. The Kier molecular flexibility index (Phi) is 6.82. The fraction of sp³-hybridized carbons (Fsp3) is 0.455. The zero-order valence-electron chi connectivity index (χ0n) is 16.3. The fourth-order valence-corrected chi connectivity index (χ4v) is 3.73. The van der Waals surface area contributed by atoms with Gasteiger partial charge in [-0.2, -0.15) is 0 Å². The van der Waals surface area contributed by atoms with Crippen molar-refractivity contribution < 1.29 is 9.53 Å². The number of carbonyl (C=O) groups is 1. The van der Waals surface area contributed by atoms with E-state index in [2.05, 4.69) is 34.1 Å². The number of aromatic nitrogens is 1. The number of hydrogen-bond acceptors (Lipinski definition) is 4. The monoisotopic (exact) mass is 367 g/mol. The number of piperidine rings is 1. The summed E-state index contributed by atoms with van der Waals surface area (Å²) in [5.74, 6) is 1.37. The van der Waals surface area contributed by atoms with Crippen molar-refractivity contribution >= 4 is 5.91 Å². The number of rotatable bonds is 7. The van der Waals surface area contributed by atoms with E-state index in [0.29, 0.717) is 12.5 Å². The highest BCUT2D eigenvalue weighted by Gasteiger charge is 2.32. The Morgan fingerprint density at radius 3 is 2.70 bits per heavy atom. The SMILES string of the molecule is CN(C)C(=O)[C@@H]1C[C@H](COc2cccnc2)CN(CCc2ccccc2)C1. The summed E-state index contributed by atoms with van der Waals surface area (Å²) < 4.78 is 5.93. The van der Waals surface area contributed by atoms with E-state index >= 15 is 0 Å². The zero-order valence-corrected chi connectivity index (χ0v) is 16.3. The van der Waals surface area contributed by atoms with Gasteiger partial charge in [-0.15, -0.1) is 0 Å². The van der Waals surface area contributed by atoms with Crippen LogP contribution in [0.4, 0.5) is 0 Å². The van der Waals surface area contributed by atoms with Crippen molar-refractivity contribution in [3.8, 4) is 5.75 Å². The van der Waals surface area contributed by atoms with Gasteiger partial charge in [-0.1, -0.05) is 30.3 Å². The molecule has 5 heteroatoms. The molecule has 0 unspecified atom stereocenters. The highest BCUT2D eigenvalue weighted by atomic mass is 16.5. The standard InChI is InChI=1S/C22H29N3O2/c1-24(2)22(26)20-13-19(17-27-21-9-6-11-23-14-21)15-25(16-20)12-10-18-7-4-3-5-8-18/h3-9,11,14,19-20H,10,12-13,15-17H2,1-2H3/t19-,20+/m0/s1. The minimum Gasteiger partial charge on any atom is -0.492 e. The summed E-state index contributed by atoms with van der Waals surface area (Å²) in [4.78, 5) is 20.8. The summed E-state index contributed by atoms with van der Waals surface area (Å²) in [5.41, 5.74) is 1.33. The van der Waals surface area contributed by atoms with Crippen molar-refractivity contribution in [3.05, 3.63) is 60.4 Å². The van der Waals surface area contributed by atoms with Crippen LogP contribution >= 0.6 is 0 Å². The summed E-state index contributed by atoms with van der Waals surface area (Å²) in [6.07, 6.45) is 5.35. The molecule has 144 valence electrons. The first kappa shape index (κ1) is 19.4. The van der Waals surface area contributed by atoms with Crippen molar-refractivity contribution in [1.29, 1.82) is 0 Å². The molecule has 0 radical (unpaired) electrons. The lowest BCUT2D eigenvalue weighted by molar-refractivity contribution is -0.135. The largest absolute Gasteiger partial charge is 0.492 e. The predicted molar refractivity (Wildman–Crippen MR) is 107 cm³/mol. The molecule has 1 aliphatic rings. The summed E-state index contributed by atoms with van der Waals surface area (Å²) in [6, 6.07) is 14.3. The molecule has 1 fully saturated rings. The second-order valence-electron chi connectivity index (χ2n) is 7.53. The van der Waals surface area contributed by atoms with E-state index in [-0.39, 0.29) is 11.8 Å². The van der Waals surface area contributed by atoms with Gasteiger partial charge in [0, 0.05) is 45.8 Å². The third kappa shape index (κ3) is 5.79. The minimum absolute atomic E-state index is 0.0343. The lowest BCUT2D eigenvalue weighted by atomic mass is 9.88. The van der Waals surface area contributed by atoms with Gasteiger partial charge in [-0.3, -0.25) is 9.78 Å². The Hall–Kier alpha value is -2.40. The number of benzene rings is 1. The Labute approximate surface area is 162 Å². The van der Waals surface area contributed by atoms with Crippen LogP contribution < -0.4 is 4.74 Å². The average Bonchev–Trinajstić information content (AvgIpc) is 2.71. The predicted octanol–water partition coefficient (Wildman–Crippen LogP) is 2.73. The molecule has 1 aromatic carbocycles. The third-order valence-corrected chi connectivity index (χ3v) is 5.08. The molecule has 1 aliphatic heterocycles. The molecule has 3 rings (SSSR count). The van der Waals surface area contributed by atoms with Crippen LogP contribution in [0.3, 0.4) is 0 Å². The van der Waals surface area contributed by atoms with Gasteiger partial charge in [-0.05, 0) is 30.5 Å². The third-order valence-electron chi connectivity index (χ3n) is 5.08.